The fraction of sp³-hybridized carbons (Fsp3) is 0.0308. The largest absolute Gasteiger partial charge is 0.454 e. The van der Waals surface area contributed by atoms with Crippen molar-refractivity contribution in [3.05, 3.63) is 483 Å². The van der Waals surface area contributed by atoms with Crippen LogP contribution in [0, 0.1) is 27.7 Å². The number of para-hydroxylation sites is 5. The molecule has 0 bridgehead atoms. The molecule has 0 N–H and O–H groups in total. The van der Waals surface area contributed by atoms with Crippen molar-refractivity contribution in [1.29, 1.82) is 0 Å². The van der Waals surface area contributed by atoms with Crippen LogP contribution in [0.15, 0.2) is 465 Å². The fourth-order valence-electron chi connectivity index (χ4n) is 22.5. The van der Waals surface area contributed by atoms with Gasteiger partial charge in [0.25, 0.3) is 0 Å². The normalized spacial score (nSPS) is 12.7. The van der Waals surface area contributed by atoms with Gasteiger partial charge in [-0.05, 0) is 226 Å². The molecule has 0 amide bonds. The Bertz CT molecular complexity index is 9490. The molecule has 23 aromatic carbocycles. The summed E-state index contributed by atoms with van der Waals surface area (Å²) in [5, 5.41) is 22.3. The maximum atomic E-state index is 6.79. The van der Waals surface area contributed by atoms with E-state index in [9.17, 15) is 0 Å². The number of rotatable bonds is 8. The van der Waals surface area contributed by atoms with E-state index in [4.69, 9.17) is 4.42 Å². The lowest BCUT2D eigenvalue weighted by atomic mass is 9.90. The quantitative estimate of drug-likeness (QED) is 0.150. The van der Waals surface area contributed by atoms with Crippen LogP contribution in [0.4, 0.5) is 102 Å². The van der Waals surface area contributed by atoms with Crippen molar-refractivity contribution in [3.63, 3.8) is 0 Å². The molecule has 9 heteroatoms. The Morgan fingerprint density at radius 1 is 0.173 bits per heavy atom. The van der Waals surface area contributed by atoms with Crippen LogP contribution in [0.1, 0.15) is 22.3 Å². The number of aryl methyl sites for hydroxylation is 4. The Morgan fingerprint density at radius 3 is 1.01 bits per heavy atom. The van der Waals surface area contributed by atoms with E-state index in [1.54, 1.807) is 0 Å². The van der Waals surface area contributed by atoms with E-state index in [1.807, 2.05) is 28.7 Å². The summed E-state index contributed by atoms with van der Waals surface area (Å²) in [4.78, 5) is 15.0. The summed E-state index contributed by atoms with van der Waals surface area (Å²) >= 11 is 3.75. The van der Waals surface area contributed by atoms with Gasteiger partial charge in [-0.15, -0.1) is 22.7 Å². The van der Waals surface area contributed by atoms with Crippen LogP contribution < -0.4 is 29.4 Å². The summed E-state index contributed by atoms with van der Waals surface area (Å²) in [6, 6.07) is 168. The molecule has 3 aromatic heterocycles. The lowest BCUT2D eigenvalue weighted by Crippen LogP contribution is -2.25. The molecule has 0 atom stereocenters. The van der Waals surface area contributed by atoms with Crippen LogP contribution in [0.25, 0.3) is 149 Å². The summed E-state index contributed by atoms with van der Waals surface area (Å²) in [7, 11) is 0. The van der Waals surface area contributed by atoms with E-state index in [0.29, 0.717) is 0 Å². The highest BCUT2D eigenvalue weighted by Gasteiger charge is 2.40. The molecule has 26 aromatic rings. The Balaban J connectivity index is 0.000000106. The fourth-order valence-corrected chi connectivity index (χ4v) is 24.8. The van der Waals surface area contributed by atoms with E-state index >= 15 is 0 Å². The third-order valence-corrected chi connectivity index (χ3v) is 31.2. The van der Waals surface area contributed by atoms with Crippen molar-refractivity contribution >= 4 is 252 Å². The van der Waals surface area contributed by atoms with Crippen LogP contribution in [0.2, 0.25) is 0 Å². The zero-order chi connectivity index (χ0) is 92.2. The van der Waals surface area contributed by atoms with Crippen molar-refractivity contribution in [1.82, 2.24) is 0 Å². The number of hydrogen-bond acceptors (Lipinski definition) is 9. The van der Waals surface area contributed by atoms with Crippen LogP contribution in [0.5, 0.6) is 0 Å². The summed E-state index contributed by atoms with van der Waals surface area (Å²) in [5.41, 5.74) is 32.5. The first-order valence-corrected chi connectivity index (χ1v) is 49.3. The van der Waals surface area contributed by atoms with Gasteiger partial charge >= 0.3 is 0 Å². The van der Waals surface area contributed by atoms with Crippen LogP contribution in [0.3, 0.4) is 0 Å². The van der Waals surface area contributed by atoms with Crippen LogP contribution >= 0.6 is 22.7 Å². The summed E-state index contributed by atoms with van der Waals surface area (Å²) in [6.07, 6.45) is 0. The van der Waals surface area contributed by atoms with Crippen molar-refractivity contribution in [2.24, 2.45) is 0 Å². The Hall–Kier alpha value is -17.3. The van der Waals surface area contributed by atoms with Gasteiger partial charge in [0.05, 0.1) is 84.3 Å². The van der Waals surface area contributed by atoms with E-state index in [1.165, 1.54) is 206 Å². The van der Waals surface area contributed by atoms with E-state index in [2.05, 4.69) is 512 Å². The minimum absolute atomic E-state index is 0.869. The standard InChI is InChI=1S/C50H32N2O.2C40H28N2S/c1-4-16-33(17-5-1)36-25-14-26-41-38(36)30-31-44-48(41)51(35-20-8-3-9-21-35)46-32-43(34-18-6-2-7-19-34)37-22-10-11-24-40(37)49(46)52(44)45-28-15-27-42-39-23-12-13-29-47(39)53-50(42)45;1-25-11-8-16-31-28(25)22-24-35-38(31)41(27-13-4-3-5-14-27)34-23-21-29-26(2)12-9-17-32(29)39(34)42(35)36-19-10-18-33-30-15-6-7-20-37(30)43-40(33)36;1-25-10-8-15-32-29(25)20-22-36-39(32)41(27-12-4-3-5-13-27)35-21-19-30-26(2)11-9-16-33(30)40(35)42(36)28-18-23-38-34(24-28)31-14-6-7-17-37(31)43-38/h1-32H;2*3-24H,1-2H3. The smallest absolute Gasteiger partial charge is 0.159 e. The van der Waals surface area contributed by atoms with Crippen molar-refractivity contribution < 1.29 is 4.42 Å². The number of benzene rings is 23. The molecule has 3 aliphatic rings. The first kappa shape index (κ1) is 81.2. The minimum Gasteiger partial charge on any atom is -0.454 e. The molecule has 6 heterocycles. The van der Waals surface area contributed by atoms with Crippen LogP contribution in [-0.2, 0) is 0 Å². The predicted molar refractivity (Wildman–Crippen MR) is 596 cm³/mol. The van der Waals surface area contributed by atoms with Gasteiger partial charge in [0, 0.05) is 101 Å². The molecule has 3 aliphatic heterocycles. The van der Waals surface area contributed by atoms with E-state index in [0.717, 1.165) is 67.4 Å². The monoisotopic (exact) mass is 1810 g/mol. The van der Waals surface area contributed by atoms with Gasteiger partial charge in [-0.1, -0.05) is 340 Å². The summed E-state index contributed by atoms with van der Waals surface area (Å²) in [6.45, 7) is 8.85. The first-order chi connectivity index (χ1) is 68.7. The third kappa shape index (κ3) is 12.9. The molecule has 0 aliphatic carbocycles. The van der Waals surface area contributed by atoms with Crippen molar-refractivity contribution in [2.75, 3.05) is 29.4 Å². The van der Waals surface area contributed by atoms with Crippen molar-refractivity contribution in [2.45, 2.75) is 27.7 Å². The average molecular weight is 1810 g/mol. The molecule has 656 valence electrons. The molecule has 0 saturated heterocycles. The second kappa shape index (κ2) is 32.8. The van der Waals surface area contributed by atoms with Gasteiger partial charge in [0.1, 0.15) is 5.58 Å². The first-order valence-electron chi connectivity index (χ1n) is 47.7. The predicted octanol–water partition coefficient (Wildman–Crippen LogP) is 38.9. The van der Waals surface area contributed by atoms with Gasteiger partial charge in [-0.3, -0.25) is 0 Å². The lowest BCUT2D eigenvalue weighted by Gasteiger charge is -2.42. The molecule has 7 nitrogen and oxygen atoms in total. The van der Waals surface area contributed by atoms with Gasteiger partial charge < -0.3 is 33.8 Å². The second-order valence-corrected chi connectivity index (χ2v) is 38.8. The van der Waals surface area contributed by atoms with Gasteiger partial charge in [0.2, 0.25) is 0 Å². The molecule has 29 rings (SSSR count). The number of furan rings is 1. The van der Waals surface area contributed by atoms with Gasteiger partial charge in [-0.25, -0.2) is 0 Å². The number of thiophene rings is 2. The average Bonchev–Trinajstić information content (AvgIpc) is 1.32. The SMILES string of the molecule is Cc1cccc2c3c(ccc12)N(c1ccc2sc4ccccc4c2c1)c1c(ccc2c(C)cccc12)N3c1ccccc1.Cc1cccc2c3c(ccc12)N(c1cccc2c1sc1ccccc12)c1c(ccc2c(C)cccc12)N3c1ccccc1.c1ccc(-c2cccc3c4c(ccc23)N(c2cccc3c2oc2ccccc23)c2c(cc(-c3ccccc3)c3ccccc23)N4c2ccccc2)cc1. The minimum atomic E-state index is 0.869. The molecular weight excluding hydrogens is 1730 g/mol. The number of anilines is 18. The topological polar surface area (TPSA) is 32.6 Å². The zero-order valence-electron chi connectivity index (χ0n) is 76.8. The zero-order valence-corrected chi connectivity index (χ0v) is 78.4. The number of hydrogen-bond donors (Lipinski definition) is 0. The van der Waals surface area contributed by atoms with Gasteiger partial charge in [-0.2, -0.15) is 0 Å². The van der Waals surface area contributed by atoms with E-state index < -0.39 is 0 Å². The highest BCUT2D eigenvalue weighted by atomic mass is 32.1. The molecule has 0 saturated carbocycles. The van der Waals surface area contributed by atoms with Gasteiger partial charge in [0.15, 0.2) is 5.58 Å². The molecule has 139 heavy (non-hydrogen) atoms. The Morgan fingerprint density at radius 2 is 0.496 bits per heavy atom. The number of nitrogens with zero attached hydrogens (tertiary/aromatic N) is 6. The van der Waals surface area contributed by atoms with Crippen LogP contribution in [-0.4, -0.2) is 0 Å². The maximum Gasteiger partial charge on any atom is 0.159 e. The molecule has 0 spiro atoms. The summed E-state index contributed by atoms with van der Waals surface area (Å²) < 4.78 is 12.1. The number of fused-ring (bicyclic) bond motifs is 27. The van der Waals surface area contributed by atoms with E-state index in [-0.39, 0.29) is 0 Å². The Labute approximate surface area is 812 Å². The second-order valence-electron chi connectivity index (χ2n) is 36.6. The van der Waals surface area contributed by atoms with Crippen molar-refractivity contribution in [3.8, 4) is 22.3 Å². The summed E-state index contributed by atoms with van der Waals surface area (Å²) in [5.74, 6) is 0. The third-order valence-electron chi connectivity index (χ3n) is 28.8. The Kier molecular flexibility index (Phi) is 19.1. The molecule has 0 unspecified atom stereocenters. The lowest BCUT2D eigenvalue weighted by molar-refractivity contribution is 0.669. The maximum absolute atomic E-state index is 6.79. The molecule has 0 radical (unpaired) electrons. The highest BCUT2D eigenvalue weighted by molar-refractivity contribution is 7.26. The highest BCUT2D eigenvalue weighted by Crippen LogP contribution is 2.65. The molecular formula is C130H88N6OS2. The molecule has 0 fully saturated rings.